The number of aromatic nitrogens is 1. The highest BCUT2D eigenvalue weighted by Crippen LogP contribution is 2.31. The topological polar surface area (TPSA) is 38.1 Å². The standard InChI is InChI=1S/C12H14N2O/c1-12(6-7-13-8-12)11-14-9-4-2-3-5-10(9)15-11/h2-5,13H,6-8H2,1H3. The van der Waals surface area contributed by atoms with Gasteiger partial charge < -0.3 is 9.73 Å². The largest absolute Gasteiger partial charge is 0.440 e. The van der Waals surface area contributed by atoms with Crippen LogP contribution in [0.15, 0.2) is 28.7 Å². The number of hydrogen-bond donors (Lipinski definition) is 1. The van der Waals surface area contributed by atoms with E-state index in [4.69, 9.17) is 4.42 Å². The monoisotopic (exact) mass is 202 g/mol. The molecule has 1 aromatic carbocycles. The maximum absolute atomic E-state index is 5.80. The quantitative estimate of drug-likeness (QED) is 0.769. The SMILES string of the molecule is CC1(c2nc3ccccc3o2)CCNC1. The third-order valence-corrected chi connectivity index (χ3v) is 3.18. The smallest absolute Gasteiger partial charge is 0.202 e. The van der Waals surface area contributed by atoms with Crippen LogP contribution in [0, 0.1) is 0 Å². The predicted octanol–water partition coefficient (Wildman–Crippen LogP) is 2.08. The van der Waals surface area contributed by atoms with E-state index in [0.29, 0.717) is 0 Å². The molecule has 1 aliphatic rings. The van der Waals surface area contributed by atoms with Gasteiger partial charge in [0.15, 0.2) is 5.58 Å². The first-order valence-corrected chi connectivity index (χ1v) is 5.35. The lowest BCUT2D eigenvalue weighted by Crippen LogP contribution is -2.25. The highest BCUT2D eigenvalue weighted by Gasteiger charge is 2.35. The minimum Gasteiger partial charge on any atom is -0.440 e. The van der Waals surface area contributed by atoms with Crippen LogP contribution in [0.2, 0.25) is 0 Å². The molecule has 1 aromatic heterocycles. The van der Waals surface area contributed by atoms with Gasteiger partial charge >= 0.3 is 0 Å². The Balaban J connectivity index is 2.11. The Morgan fingerprint density at radius 3 is 3.00 bits per heavy atom. The van der Waals surface area contributed by atoms with Crippen LogP contribution in [-0.4, -0.2) is 18.1 Å². The van der Waals surface area contributed by atoms with Crippen molar-refractivity contribution in [2.75, 3.05) is 13.1 Å². The fourth-order valence-corrected chi connectivity index (χ4v) is 2.13. The van der Waals surface area contributed by atoms with Gasteiger partial charge in [-0.05, 0) is 32.0 Å². The Bertz CT molecular complexity index is 450. The summed E-state index contributed by atoms with van der Waals surface area (Å²) in [5.41, 5.74) is 1.92. The van der Waals surface area contributed by atoms with Gasteiger partial charge in [0.2, 0.25) is 5.89 Å². The van der Waals surface area contributed by atoms with Gasteiger partial charge in [-0.2, -0.15) is 0 Å². The van der Waals surface area contributed by atoms with E-state index in [1.54, 1.807) is 0 Å². The summed E-state index contributed by atoms with van der Waals surface area (Å²) < 4.78 is 5.80. The molecule has 0 aliphatic carbocycles. The second-order valence-electron chi connectivity index (χ2n) is 4.47. The molecule has 3 heteroatoms. The van der Waals surface area contributed by atoms with Gasteiger partial charge in [0, 0.05) is 6.54 Å². The van der Waals surface area contributed by atoms with E-state index < -0.39 is 0 Å². The lowest BCUT2D eigenvalue weighted by Gasteiger charge is -2.16. The molecule has 3 rings (SSSR count). The highest BCUT2D eigenvalue weighted by atomic mass is 16.3. The summed E-state index contributed by atoms with van der Waals surface area (Å²) in [5.74, 6) is 0.869. The minimum atomic E-state index is 0.0685. The van der Waals surface area contributed by atoms with E-state index in [-0.39, 0.29) is 5.41 Å². The second kappa shape index (κ2) is 3.07. The number of benzene rings is 1. The Morgan fingerprint density at radius 1 is 1.40 bits per heavy atom. The zero-order chi connectivity index (χ0) is 10.3. The first-order chi connectivity index (χ1) is 7.28. The van der Waals surface area contributed by atoms with Crippen LogP contribution >= 0.6 is 0 Å². The molecule has 1 saturated heterocycles. The van der Waals surface area contributed by atoms with Crippen molar-refractivity contribution in [3.63, 3.8) is 0 Å². The number of rotatable bonds is 1. The molecule has 1 aliphatic heterocycles. The van der Waals surface area contributed by atoms with Crippen LogP contribution < -0.4 is 5.32 Å². The summed E-state index contributed by atoms with van der Waals surface area (Å²) in [6.45, 7) is 4.22. The van der Waals surface area contributed by atoms with Crippen molar-refractivity contribution in [2.45, 2.75) is 18.8 Å². The van der Waals surface area contributed by atoms with Crippen molar-refractivity contribution in [2.24, 2.45) is 0 Å². The molecule has 0 saturated carbocycles. The molecule has 78 valence electrons. The molecule has 2 aromatic rings. The summed E-state index contributed by atoms with van der Waals surface area (Å²) in [6.07, 6.45) is 1.10. The van der Waals surface area contributed by atoms with E-state index in [9.17, 15) is 0 Å². The Morgan fingerprint density at radius 2 is 2.27 bits per heavy atom. The predicted molar refractivity (Wildman–Crippen MR) is 58.8 cm³/mol. The summed E-state index contributed by atoms with van der Waals surface area (Å²) in [7, 11) is 0. The fraction of sp³-hybridized carbons (Fsp3) is 0.417. The number of nitrogens with zero attached hydrogens (tertiary/aromatic N) is 1. The molecular formula is C12H14N2O. The van der Waals surface area contributed by atoms with Crippen molar-refractivity contribution < 1.29 is 4.42 Å². The summed E-state index contributed by atoms with van der Waals surface area (Å²) in [6, 6.07) is 7.93. The van der Waals surface area contributed by atoms with Gasteiger partial charge in [0.05, 0.1) is 5.41 Å². The Labute approximate surface area is 88.5 Å². The van der Waals surface area contributed by atoms with Gasteiger partial charge in [0.25, 0.3) is 0 Å². The average molecular weight is 202 g/mol. The van der Waals surface area contributed by atoms with E-state index in [2.05, 4.69) is 17.2 Å². The number of para-hydroxylation sites is 2. The van der Waals surface area contributed by atoms with Crippen molar-refractivity contribution in [1.29, 1.82) is 0 Å². The van der Waals surface area contributed by atoms with Crippen LogP contribution in [0.5, 0.6) is 0 Å². The van der Waals surface area contributed by atoms with Gasteiger partial charge in [-0.3, -0.25) is 0 Å². The Hall–Kier alpha value is -1.35. The molecule has 0 spiro atoms. The van der Waals surface area contributed by atoms with Gasteiger partial charge in [-0.15, -0.1) is 0 Å². The van der Waals surface area contributed by atoms with Gasteiger partial charge in [0.1, 0.15) is 5.52 Å². The zero-order valence-corrected chi connectivity index (χ0v) is 8.79. The molecule has 0 amide bonds. The summed E-state index contributed by atoms with van der Waals surface area (Å²) >= 11 is 0. The second-order valence-corrected chi connectivity index (χ2v) is 4.47. The lowest BCUT2D eigenvalue weighted by molar-refractivity contribution is 0.382. The molecule has 15 heavy (non-hydrogen) atoms. The maximum atomic E-state index is 5.80. The third kappa shape index (κ3) is 1.35. The van der Waals surface area contributed by atoms with Crippen molar-refractivity contribution in [3.8, 4) is 0 Å². The molecule has 0 bridgehead atoms. The van der Waals surface area contributed by atoms with Crippen molar-refractivity contribution in [3.05, 3.63) is 30.2 Å². The normalized spacial score (nSPS) is 26.2. The van der Waals surface area contributed by atoms with E-state index in [1.807, 2.05) is 24.3 Å². The minimum absolute atomic E-state index is 0.0685. The number of fused-ring (bicyclic) bond motifs is 1. The van der Waals surface area contributed by atoms with Crippen molar-refractivity contribution >= 4 is 11.1 Å². The third-order valence-electron chi connectivity index (χ3n) is 3.18. The van der Waals surface area contributed by atoms with Gasteiger partial charge in [-0.25, -0.2) is 4.98 Å². The Kier molecular flexibility index (Phi) is 1.83. The zero-order valence-electron chi connectivity index (χ0n) is 8.79. The number of hydrogen-bond acceptors (Lipinski definition) is 3. The summed E-state index contributed by atoms with van der Waals surface area (Å²) in [5, 5.41) is 3.36. The molecule has 1 N–H and O–H groups in total. The molecule has 0 radical (unpaired) electrons. The van der Waals surface area contributed by atoms with Crippen molar-refractivity contribution in [1.82, 2.24) is 10.3 Å². The first kappa shape index (κ1) is 8.92. The van der Waals surface area contributed by atoms with E-state index in [1.165, 1.54) is 0 Å². The molecular weight excluding hydrogens is 188 g/mol. The maximum Gasteiger partial charge on any atom is 0.202 e. The van der Waals surface area contributed by atoms with Gasteiger partial charge in [-0.1, -0.05) is 12.1 Å². The lowest BCUT2D eigenvalue weighted by atomic mass is 9.90. The average Bonchev–Trinajstić information content (AvgIpc) is 2.84. The van der Waals surface area contributed by atoms with Crippen LogP contribution in [0.4, 0.5) is 0 Å². The van der Waals surface area contributed by atoms with Crippen LogP contribution in [0.1, 0.15) is 19.2 Å². The molecule has 1 atom stereocenters. The molecule has 2 heterocycles. The highest BCUT2D eigenvalue weighted by molar-refractivity contribution is 5.72. The molecule has 3 nitrogen and oxygen atoms in total. The number of nitrogens with one attached hydrogen (secondary N) is 1. The van der Waals surface area contributed by atoms with Crippen LogP contribution in [0.25, 0.3) is 11.1 Å². The fourth-order valence-electron chi connectivity index (χ4n) is 2.13. The van der Waals surface area contributed by atoms with Crippen LogP contribution in [-0.2, 0) is 5.41 Å². The van der Waals surface area contributed by atoms with E-state index >= 15 is 0 Å². The first-order valence-electron chi connectivity index (χ1n) is 5.35. The molecule has 1 fully saturated rings. The van der Waals surface area contributed by atoms with E-state index in [0.717, 1.165) is 36.5 Å². The molecule has 1 unspecified atom stereocenters. The van der Waals surface area contributed by atoms with Crippen LogP contribution in [0.3, 0.4) is 0 Å². The summed E-state index contributed by atoms with van der Waals surface area (Å²) in [4.78, 5) is 4.56. The number of oxazole rings is 1.